The number of carbonyl (C=O) groups is 1. The fourth-order valence-corrected chi connectivity index (χ4v) is 8.24. The number of phosphoric acid groups is 1. The number of esters is 1. The predicted octanol–water partition coefficient (Wildman–Crippen LogP) is 9.49. The molecule has 0 radical (unpaired) electrons. The summed E-state index contributed by atoms with van der Waals surface area (Å²) in [5, 5.41) is 50.1. The smallest absolute Gasteiger partial charge is 0.472 e. The molecular formula is C44H85O12P. The maximum atomic E-state index is 12.8. The summed E-state index contributed by atoms with van der Waals surface area (Å²) in [5.74, 6) is -0.495. The van der Waals surface area contributed by atoms with Crippen LogP contribution < -0.4 is 0 Å². The van der Waals surface area contributed by atoms with Crippen LogP contribution in [0.4, 0.5) is 0 Å². The van der Waals surface area contributed by atoms with E-state index in [4.69, 9.17) is 18.5 Å². The van der Waals surface area contributed by atoms with E-state index in [0.29, 0.717) is 6.42 Å². The van der Waals surface area contributed by atoms with Gasteiger partial charge in [-0.1, -0.05) is 181 Å². The van der Waals surface area contributed by atoms with Crippen molar-refractivity contribution < 1.29 is 58.3 Å². The van der Waals surface area contributed by atoms with Gasteiger partial charge in [-0.25, -0.2) is 4.57 Å². The number of hydrogen-bond acceptors (Lipinski definition) is 11. The maximum absolute atomic E-state index is 12.8. The van der Waals surface area contributed by atoms with Gasteiger partial charge in [0.05, 0.1) is 12.9 Å². The summed E-state index contributed by atoms with van der Waals surface area (Å²) < 4.78 is 33.9. The Kier molecular flexibility index (Phi) is 33.7. The van der Waals surface area contributed by atoms with Crippen LogP contribution >= 0.6 is 7.82 Å². The quantitative estimate of drug-likeness (QED) is 0.0149. The number of phosphoric ester groups is 1. The first-order valence-electron chi connectivity index (χ1n) is 23.1. The average Bonchev–Trinajstić information content (AvgIpc) is 3.19. The number of allylic oxidation sites excluding steroid dienone is 1. The van der Waals surface area contributed by atoms with Gasteiger partial charge in [0.15, 0.2) is 6.10 Å². The zero-order valence-electron chi connectivity index (χ0n) is 35.9. The number of unbranched alkanes of at least 4 members (excludes halogenated alkanes) is 27. The molecular weight excluding hydrogens is 751 g/mol. The predicted molar refractivity (Wildman–Crippen MR) is 226 cm³/mol. The van der Waals surface area contributed by atoms with Crippen LogP contribution in [-0.4, -0.2) is 92.3 Å². The number of aliphatic hydroxyl groups is 5. The van der Waals surface area contributed by atoms with Crippen LogP contribution in [0.15, 0.2) is 12.3 Å². The summed E-state index contributed by atoms with van der Waals surface area (Å²) in [6.07, 6.45) is 26.5. The Hall–Kier alpha value is -1.08. The van der Waals surface area contributed by atoms with Gasteiger partial charge in [0.1, 0.15) is 43.2 Å². The zero-order valence-corrected chi connectivity index (χ0v) is 36.8. The van der Waals surface area contributed by atoms with Crippen molar-refractivity contribution in [3.63, 3.8) is 0 Å². The first-order chi connectivity index (χ1) is 27.5. The van der Waals surface area contributed by atoms with Crippen LogP contribution in [0, 0.1) is 0 Å². The van der Waals surface area contributed by atoms with Gasteiger partial charge in [0, 0.05) is 6.42 Å². The molecule has 338 valence electrons. The van der Waals surface area contributed by atoms with Crippen molar-refractivity contribution in [2.24, 2.45) is 0 Å². The highest BCUT2D eigenvalue weighted by molar-refractivity contribution is 7.47. The van der Waals surface area contributed by atoms with Crippen molar-refractivity contribution in [2.45, 2.75) is 249 Å². The summed E-state index contributed by atoms with van der Waals surface area (Å²) in [4.78, 5) is 23.1. The summed E-state index contributed by atoms with van der Waals surface area (Å²) in [5.41, 5.74) is 0. The molecule has 0 aromatic rings. The van der Waals surface area contributed by atoms with E-state index in [1.807, 2.05) is 6.08 Å². The molecule has 8 atom stereocenters. The number of carbonyl (C=O) groups excluding carboxylic acids is 1. The molecule has 0 heterocycles. The largest absolute Gasteiger partial charge is 0.498 e. The van der Waals surface area contributed by atoms with Gasteiger partial charge >= 0.3 is 13.8 Å². The maximum Gasteiger partial charge on any atom is 0.472 e. The molecule has 0 aromatic heterocycles. The molecule has 0 aliphatic heterocycles. The highest BCUT2D eigenvalue weighted by Gasteiger charge is 2.51. The minimum atomic E-state index is -5.03. The third-order valence-electron chi connectivity index (χ3n) is 11.0. The molecule has 1 aliphatic carbocycles. The van der Waals surface area contributed by atoms with Gasteiger partial charge in [-0.3, -0.25) is 13.8 Å². The minimum Gasteiger partial charge on any atom is -0.498 e. The highest BCUT2D eigenvalue weighted by atomic mass is 31.2. The molecule has 13 heteroatoms. The van der Waals surface area contributed by atoms with Crippen molar-refractivity contribution in [1.29, 1.82) is 0 Å². The molecule has 6 unspecified atom stereocenters. The summed E-state index contributed by atoms with van der Waals surface area (Å²) in [6.45, 7) is 3.74. The third kappa shape index (κ3) is 28.1. The van der Waals surface area contributed by atoms with Crippen LogP contribution in [0.5, 0.6) is 0 Å². The van der Waals surface area contributed by atoms with Crippen LogP contribution in [0.25, 0.3) is 0 Å². The van der Waals surface area contributed by atoms with Crippen LogP contribution in [0.1, 0.15) is 206 Å². The average molecular weight is 837 g/mol. The first-order valence-corrected chi connectivity index (χ1v) is 24.6. The Labute approximate surface area is 346 Å². The van der Waals surface area contributed by atoms with Crippen molar-refractivity contribution in [3.05, 3.63) is 12.3 Å². The summed E-state index contributed by atoms with van der Waals surface area (Å²) in [6, 6.07) is 0. The van der Waals surface area contributed by atoms with Gasteiger partial charge in [0.25, 0.3) is 0 Å². The van der Waals surface area contributed by atoms with Crippen LogP contribution in [-0.2, 0) is 27.9 Å². The molecule has 0 bridgehead atoms. The lowest BCUT2D eigenvalue weighted by Crippen LogP contribution is -2.64. The molecule has 0 saturated heterocycles. The minimum absolute atomic E-state index is 0.155. The number of rotatable bonds is 39. The number of hydrogen-bond donors (Lipinski definition) is 6. The molecule has 0 amide bonds. The van der Waals surface area contributed by atoms with E-state index in [-0.39, 0.29) is 13.0 Å². The number of ether oxygens (including phenoxy) is 2. The Morgan fingerprint density at radius 3 is 1.33 bits per heavy atom. The van der Waals surface area contributed by atoms with Crippen LogP contribution in [0.2, 0.25) is 0 Å². The summed E-state index contributed by atoms with van der Waals surface area (Å²) >= 11 is 0. The first kappa shape index (κ1) is 53.9. The van der Waals surface area contributed by atoms with Crippen molar-refractivity contribution in [2.75, 3.05) is 13.2 Å². The third-order valence-corrected chi connectivity index (χ3v) is 12.0. The highest BCUT2D eigenvalue weighted by Crippen LogP contribution is 2.47. The van der Waals surface area contributed by atoms with Gasteiger partial charge < -0.3 is 39.9 Å². The fraction of sp³-hybridized carbons (Fsp3) is 0.932. The van der Waals surface area contributed by atoms with Crippen molar-refractivity contribution >= 4 is 13.8 Å². The Morgan fingerprint density at radius 1 is 0.544 bits per heavy atom. The lowest BCUT2D eigenvalue weighted by molar-refractivity contribution is -0.220. The van der Waals surface area contributed by atoms with Crippen molar-refractivity contribution in [1.82, 2.24) is 0 Å². The van der Waals surface area contributed by atoms with E-state index in [1.165, 1.54) is 148 Å². The molecule has 0 spiro atoms. The second-order valence-electron chi connectivity index (χ2n) is 16.3. The van der Waals surface area contributed by atoms with Gasteiger partial charge in [-0.2, -0.15) is 0 Å². The van der Waals surface area contributed by atoms with E-state index < -0.39 is 63.1 Å². The molecule has 1 aliphatic rings. The van der Waals surface area contributed by atoms with E-state index in [1.54, 1.807) is 0 Å². The van der Waals surface area contributed by atoms with E-state index in [9.17, 15) is 39.8 Å². The molecule has 57 heavy (non-hydrogen) atoms. The second-order valence-corrected chi connectivity index (χ2v) is 17.7. The van der Waals surface area contributed by atoms with Gasteiger partial charge in [0.2, 0.25) is 0 Å². The molecule has 6 N–H and O–H groups in total. The molecule has 12 nitrogen and oxygen atoms in total. The number of aliphatic hydroxyl groups excluding tert-OH is 5. The molecule has 1 rings (SSSR count). The van der Waals surface area contributed by atoms with Crippen molar-refractivity contribution in [3.8, 4) is 0 Å². The summed E-state index contributed by atoms with van der Waals surface area (Å²) in [7, 11) is -5.03. The second kappa shape index (κ2) is 35.7. The van der Waals surface area contributed by atoms with Gasteiger partial charge in [-0.05, 0) is 25.3 Å². The lowest BCUT2D eigenvalue weighted by Gasteiger charge is -2.41. The molecule has 1 saturated carbocycles. The monoisotopic (exact) mass is 837 g/mol. The zero-order chi connectivity index (χ0) is 42.0. The van der Waals surface area contributed by atoms with E-state index in [2.05, 4.69) is 13.8 Å². The normalized spacial score (nSPS) is 22.8. The topological polar surface area (TPSA) is 192 Å². The van der Waals surface area contributed by atoms with E-state index in [0.717, 1.165) is 38.5 Å². The fourth-order valence-electron chi connectivity index (χ4n) is 7.26. The lowest BCUT2D eigenvalue weighted by atomic mass is 9.85. The van der Waals surface area contributed by atoms with Gasteiger partial charge in [-0.15, -0.1) is 0 Å². The standard InChI is InChI=1S/C44H85O12P/c1-3-5-7-9-11-13-15-17-19-20-21-23-25-27-29-31-33-38(45)55-37(35-53-34-32-30-28-26-24-22-18-16-14-12-10-8-6-4-2)36-54-57(51,52)56-44-42(49)40(47)39(46)41(48)43(44)50/h32,34,37,39-44,46-50H,3-31,33,35-36H2,1-2H3,(H,51,52)/b34-32-/t37-,39?,40-,41?,42?,43?,44?/m1/s1. The Morgan fingerprint density at radius 2 is 0.912 bits per heavy atom. The van der Waals surface area contributed by atoms with E-state index >= 15 is 0 Å². The Bertz CT molecular complexity index is 1000. The molecule has 0 aromatic carbocycles. The molecule has 1 fully saturated rings. The Balaban J connectivity index is 2.41. The van der Waals surface area contributed by atoms with Crippen LogP contribution in [0.3, 0.4) is 0 Å². The SMILES string of the molecule is CCCCCCCCCCCCCC/C=C\OC[C@H](COP(=O)(O)OC1C(O)C(O)C(O)[C@@H](O)C1O)OC(=O)CCCCCCCCCCCCCCCCCC.